The summed E-state index contributed by atoms with van der Waals surface area (Å²) in [5.74, 6) is 0. The third-order valence-electron chi connectivity index (χ3n) is 3.87. The minimum absolute atomic E-state index is 0.0428. The molecule has 2 heterocycles. The van der Waals surface area contributed by atoms with E-state index >= 15 is 0 Å². The maximum atomic E-state index is 12.4. The molecule has 2 rings (SSSR count). The van der Waals surface area contributed by atoms with Gasteiger partial charge in [0.2, 0.25) is 0 Å². The van der Waals surface area contributed by atoms with Gasteiger partial charge in [-0.25, -0.2) is 4.79 Å². The second-order valence-corrected chi connectivity index (χ2v) is 5.92. The Kier molecular flexibility index (Phi) is 5.36. The molecular formula is C17H25N5O. The lowest BCUT2D eigenvalue weighted by atomic mass is 10.1. The van der Waals surface area contributed by atoms with Crippen LogP contribution in [0.5, 0.6) is 0 Å². The van der Waals surface area contributed by atoms with Crippen molar-refractivity contribution >= 4 is 11.7 Å². The minimum atomic E-state index is -0.219. The molecule has 2 N–H and O–H groups in total. The summed E-state index contributed by atoms with van der Waals surface area (Å²) >= 11 is 0. The number of anilines is 1. The third kappa shape index (κ3) is 3.88. The highest BCUT2D eigenvalue weighted by Gasteiger charge is 2.17. The average molecular weight is 315 g/mol. The van der Waals surface area contributed by atoms with Crippen molar-refractivity contribution < 1.29 is 4.79 Å². The number of nitrogens with zero attached hydrogens (tertiary/aromatic N) is 3. The Hall–Kier alpha value is -2.37. The number of carbonyl (C=O) groups excluding carboxylic acids is 1. The van der Waals surface area contributed by atoms with E-state index in [1.165, 1.54) is 0 Å². The first kappa shape index (κ1) is 17.0. The van der Waals surface area contributed by atoms with Gasteiger partial charge in [0, 0.05) is 18.4 Å². The minimum Gasteiger partial charge on any atom is -0.331 e. The molecule has 2 aromatic heterocycles. The molecule has 0 saturated heterocycles. The van der Waals surface area contributed by atoms with Crippen molar-refractivity contribution in [2.45, 2.75) is 53.1 Å². The van der Waals surface area contributed by atoms with E-state index in [4.69, 9.17) is 0 Å². The van der Waals surface area contributed by atoms with Crippen molar-refractivity contribution in [3.63, 3.8) is 0 Å². The van der Waals surface area contributed by atoms with E-state index in [1.54, 1.807) is 12.4 Å². The second-order valence-electron chi connectivity index (χ2n) is 5.92. The normalized spacial score (nSPS) is 12.3. The summed E-state index contributed by atoms with van der Waals surface area (Å²) in [6, 6.07) is 3.83. The Morgan fingerprint density at radius 3 is 2.43 bits per heavy atom. The summed E-state index contributed by atoms with van der Waals surface area (Å²) in [5.41, 5.74) is 3.61. The molecule has 124 valence electrons. The van der Waals surface area contributed by atoms with Crippen LogP contribution in [0.1, 0.15) is 56.2 Å². The van der Waals surface area contributed by atoms with Gasteiger partial charge in [0.05, 0.1) is 23.1 Å². The zero-order valence-electron chi connectivity index (χ0n) is 14.4. The van der Waals surface area contributed by atoms with Crippen LogP contribution in [0.25, 0.3) is 0 Å². The van der Waals surface area contributed by atoms with Gasteiger partial charge in [-0.2, -0.15) is 5.10 Å². The molecule has 0 bridgehead atoms. The molecule has 6 nitrogen and oxygen atoms in total. The van der Waals surface area contributed by atoms with E-state index in [2.05, 4.69) is 34.6 Å². The molecule has 0 saturated carbocycles. The first-order chi connectivity index (χ1) is 10.9. The fraction of sp³-hybridized carbons (Fsp3) is 0.471. The van der Waals surface area contributed by atoms with Crippen molar-refractivity contribution in [3.8, 4) is 0 Å². The van der Waals surface area contributed by atoms with Crippen LogP contribution >= 0.6 is 0 Å². The van der Waals surface area contributed by atoms with Crippen LogP contribution in [0.2, 0.25) is 0 Å². The van der Waals surface area contributed by atoms with Crippen LogP contribution in [-0.4, -0.2) is 20.8 Å². The number of pyridine rings is 1. The van der Waals surface area contributed by atoms with Gasteiger partial charge < -0.3 is 10.6 Å². The largest absolute Gasteiger partial charge is 0.331 e. The van der Waals surface area contributed by atoms with Crippen LogP contribution < -0.4 is 10.6 Å². The fourth-order valence-electron chi connectivity index (χ4n) is 2.67. The number of aryl methyl sites for hydroxylation is 1. The van der Waals surface area contributed by atoms with Gasteiger partial charge in [-0.3, -0.25) is 9.67 Å². The van der Waals surface area contributed by atoms with Crippen LogP contribution in [0.4, 0.5) is 10.5 Å². The summed E-state index contributed by atoms with van der Waals surface area (Å²) in [4.78, 5) is 16.4. The van der Waals surface area contributed by atoms with E-state index in [0.29, 0.717) is 0 Å². The number of urea groups is 1. The predicted molar refractivity (Wildman–Crippen MR) is 91.5 cm³/mol. The van der Waals surface area contributed by atoms with Crippen LogP contribution in [0.3, 0.4) is 0 Å². The molecular weight excluding hydrogens is 290 g/mol. The van der Waals surface area contributed by atoms with E-state index in [0.717, 1.165) is 29.1 Å². The summed E-state index contributed by atoms with van der Waals surface area (Å²) in [7, 11) is 0. The molecule has 2 amide bonds. The molecule has 0 aliphatic carbocycles. The monoisotopic (exact) mass is 315 g/mol. The van der Waals surface area contributed by atoms with Gasteiger partial charge in [0.15, 0.2) is 0 Å². The van der Waals surface area contributed by atoms with Gasteiger partial charge in [-0.05, 0) is 51.8 Å². The number of hydrogen-bond acceptors (Lipinski definition) is 3. The average Bonchev–Trinajstić information content (AvgIpc) is 2.81. The Bertz CT molecular complexity index is 663. The van der Waals surface area contributed by atoms with Crippen molar-refractivity contribution in [1.29, 1.82) is 0 Å². The molecule has 0 aromatic carbocycles. The molecule has 0 aliphatic heterocycles. The molecule has 0 spiro atoms. The number of nitrogens with one attached hydrogen (secondary N) is 2. The van der Waals surface area contributed by atoms with Gasteiger partial charge in [0.25, 0.3) is 0 Å². The maximum absolute atomic E-state index is 12.4. The Labute approximate surface area is 137 Å². The van der Waals surface area contributed by atoms with Crippen molar-refractivity contribution in [3.05, 3.63) is 41.5 Å². The van der Waals surface area contributed by atoms with E-state index in [-0.39, 0.29) is 18.1 Å². The highest BCUT2D eigenvalue weighted by molar-refractivity contribution is 5.90. The van der Waals surface area contributed by atoms with E-state index in [1.807, 2.05) is 37.6 Å². The maximum Gasteiger partial charge on any atom is 0.319 e. The van der Waals surface area contributed by atoms with Crippen molar-refractivity contribution in [2.24, 2.45) is 0 Å². The Morgan fingerprint density at radius 2 is 1.91 bits per heavy atom. The number of hydrogen-bond donors (Lipinski definition) is 2. The highest BCUT2D eigenvalue weighted by Crippen LogP contribution is 2.23. The first-order valence-corrected chi connectivity index (χ1v) is 7.97. The summed E-state index contributed by atoms with van der Waals surface area (Å²) in [5, 5.41) is 10.4. The van der Waals surface area contributed by atoms with Gasteiger partial charge >= 0.3 is 6.03 Å². The quantitative estimate of drug-likeness (QED) is 0.882. The molecule has 0 unspecified atom stereocenters. The number of carbonyl (C=O) groups is 1. The molecule has 2 aromatic rings. The van der Waals surface area contributed by atoms with Crippen molar-refractivity contribution in [2.75, 3.05) is 5.32 Å². The van der Waals surface area contributed by atoms with E-state index < -0.39 is 0 Å². The zero-order chi connectivity index (χ0) is 17.0. The lowest BCUT2D eigenvalue weighted by Gasteiger charge is -2.18. The zero-order valence-corrected chi connectivity index (χ0v) is 14.4. The molecule has 0 radical (unpaired) electrons. The summed E-state index contributed by atoms with van der Waals surface area (Å²) in [6.45, 7) is 10.1. The van der Waals surface area contributed by atoms with Crippen LogP contribution in [0.15, 0.2) is 24.5 Å². The smallest absolute Gasteiger partial charge is 0.319 e. The number of rotatable bonds is 5. The van der Waals surface area contributed by atoms with Gasteiger partial charge in [-0.15, -0.1) is 0 Å². The van der Waals surface area contributed by atoms with E-state index in [9.17, 15) is 4.79 Å². The second kappa shape index (κ2) is 7.26. The molecule has 23 heavy (non-hydrogen) atoms. The number of aromatic nitrogens is 3. The Morgan fingerprint density at radius 1 is 1.26 bits per heavy atom. The SMILES string of the molecule is CC[C@@H](NC(=O)Nc1c(C)nn(C(C)C)c1C)c1ccncc1. The summed E-state index contributed by atoms with van der Waals surface area (Å²) in [6.07, 6.45) is 4.28. The lowest BCUT2D eigenvalue weighted by Crippen LogP contribution is -2.32. The first-order valence-electron chi connectivity index (χ1n) is 7.97. The molecule has 0 fully saturated rings. The lowest BCUT2D eigenvalue weighted by molar-refractivity contribution is 0.248. The fourth-order valence-corrected chi connectivity index (χ4v) is 2.67. The standard InChI is InChI=1S/C17H25N5O/c1-6-15(14-7-9-18-10-8-14)19-17(23)20-16-12(4)21-22(11(2)3)13(16)5/h7-11,15H,6H2,1-5H3,(H2,19,20,23)/t15-/m1/s1. The molecule has 0 aliphatic rings. The predicted octanol–water partition coefficient (Wildman–Crippen LogP) is 3.75. The molecule has 1 atom stereocenters. The van der Waals surface area contributed by atoms with Gasteiger partial charge in [-0.1, -0.05) is 6.92 Å². The summed E-state index contributed by atoms with van der Waals surface area (Å²) < 4.78 is 1.92. The van der Waals surface area contributed by atoms with Crippen molar-refractivity contribution in [1.82, 2.24) is 20.1 Å². The highest BCUT2D eigenvalue weighted by atomic mass is 16.2. The Balaban J connectivity index is 2.10. The van der Waals surface area contributed by atoms with Crippen LogP contribution in [0, 0.1) is 13.8 Å². The molecule has 6 heteroatoms. The van der Waals surface area contributed by atoms with Crippen LogP contribution in [-0.2, 0) is 0 Å². The number of amides is 2. The van der Waals surface area contributed by atoms with Gasteiger partial charge in [0.1, 0.15) is 0 Å². The third-order valence-corrected chi connectivity index (χ3v) is 3.87. The topological polar surface area (TPSA) is 71.8 Å².